The van der Waals surface area contributed by atoms with E-state index >= 15 is 0 Å². The summed E-state index contributed by atoms with van der Waals surface area (Å²) in [6.07, 6.45) is 0.162. The first-order valence-corrected chi connectivity index (χ1v) is 7.55. The van der Waals surface area contributed by atoms with Gasteiger partial charge in [0.05, 0.1) is 12.7 Å². The molecule has 1 heterocycles. The van der Waals surface area contributed by atoms with Gasteiger partial charge < -0.3 is 19.3 Å². The summed E-state index contributed by atoms with van der Waals surface area (Å²) in [6.45, 7) is 3.45. The topological polar surface area (TPSA) is 54.7 Å². The molecule has 0 bridgehead atoms. The number of ether oxygens (including phenoxy) is 1. The van der Waals surface area contributed by atoms with Crippen molar-refractivity contribution in [2.45, 2.75) is 26.0 Å². The largest absolute Gasteiger partial charge is 0.393 e. The molecule has 2 aromatic rings. The van der Waals surface area contributed by atoms with Gasteiger partial charge in [-0.3, -0.25) is 4.79 Å². The summed E-state index contributed by atoms with van der Waals surface area (Å²) in [4.78, 5) is 14.4. The second-order valence-corrected chi connectivity index (χ2v) is 5.60. The van der Waals surface area contributed by atoms with E-state index in [0.717, 1.165) is 10.9 Å². The third kappa shape index (κ3) is 3.67. The molecule has 2 rings (SSSR count). The summed E-state index contributed by atoms with van der Waals surface area (Å²) in [5.74, 6) is -0.0343. The minimum absolute atomic E-state index is 0.0343. The molecular formula is C17H24N2O3. The van der Waals surface area contributed by atoms with E-state index in [-0.39, 0.29) is 5.91 Å². The first-order chi connectivity index (χ1) is 10.5. The molecule has 0 fully saturated rings. The maximum atomic E-state index is 12.7. The Morgan fingerprint density at radius 3 is 2.82 bits per heavy atom. The Morgan fingerprint density at radius 2 is 2.14 bits per heavy atom. The molecule has 0 radical (unpaired) electrons. The van der Waals surface area contributed by atoms with Crippen LogP contribution < -0.4 is 0 Å². The summed E-state index contributed by atoms with van der Waals surface area (Å²) in [7, 11) is 3.42. The average Bonchev–Trinajstić information content (AvgIpc) is 2.88. The van der Waals surface area contributed by atoms with Crippen molar-refractivity contribution in [3.05, 3.63) is 36.0 Å². The normalized spacial score (nSPS) is 12.5. The van der Waals surface area contributed by atoms with Crippen LogP contribution in [0.15, 0.2) is 30.3 Å². The maximum absolute atomic E-state index is 12.7. The Balaban J connectivity index is 2.30. The van der Waals surface area contributed by atoms with E-state index in [1.807, 2.05) is 34.9 Å². The van der Waals surface area contributed by atoms with Gasteiger partial charge in [0.1, 0.15) is 5.69 Å². The standard InChI is InChI=1S/C17H24N2O3/c1-13(20)8-9-18(2)17(21)16-12-14-6-4-5-7-15(14)19(16)10-11-22-3/h4-7,12-13,20H,8-11H2,1-3H3. The molecule has 22 heavy (non-hydrogen) atoms. The van der Waals surface area contributed by atoms with Crippen LogP contribution >= 0.6 is 0 Å². The molecule has 1 N–H and O–H groups in total. The van der Waals surface area contributed by atoms with E-state index in [2.05, 4.69) is 0 Å². The lowest BCUT2D eigenvalue weighted by molar-refractivity contribution is 0.0756. The van der Waals surface area contributed by atoms with Gasteiger partial charge in [0.15, 0.2) is 0 Å². The van der Waals surface area contributed by atoms with Crippen molar-refractivity contribution in [1.82, 2.24) is 9.47 Å². The lowest BCUT2D eigenvalue weighted by atomic mass is 10.2. The fraction of sp³-hybridized carbons (Fsp3) is 0.471. The quantitative estimate of drug-likeness (QED) is 0.852. The van der Waals surface area contributed by atoms with E-state index in [1.54, 1.807) is 26.0 Å². The van der Waals surface area contributed by atoms with Gasteiger partial charge in [-0.2, -0.15) is 0 Å². The van der Waals surface area contributed by atoms with Gasteiger partial charge in [0.2, 0.25) is 0 Å². The van der Waals surface area contributed by atoms with Crippen molar-refractivity contribution in [2.75, 3.05) is 27.3 Å². The summed E-state index contributed by atoms with van der Waals surface area (Å²) in [5, 5.41) is 10.4. The third-order valence-corrected chi connectivity index (χ3v) is 3.78. The van der Waals surface area contributed by atoms with E-state index in [4.69, 9.17) is 4.74 Å². The van der Waals surface area contributed by atoms with Gasteiger partial charge in [0, 0.05) is 38.1 Å². The molecule has 120 valence electrons. The van der Waals surface area contributed by atoms with Crippen molar-refractivity contribution < 1.29 is 14.6 Å². The molecule has 0 saturated heterocycles. The van der Waals surface area contributed by atoms with Crippen LogP contribution in [0.25, 0.3) is 10.9 Å². The highest BCUT2D eigenvalue weighted by molar-refractivity contribution is 5.98. The molecule has 0 saturated carbocycles. The number of para-hydroxylation sites is 1. The van der Waals surface area contributed by atoms with Crippen molar-refractivity contribution in [1.29, 1.82) is 0 Å². The lowest BCUT2D eigenvalue weighted by Crippen LogP contribution is -2.31. The second kappa shape index (κ2) is 7.42. The zero-order chi connectivity index (χ0) is 16.1. The van der Waals surface area contributed by atoms with Crippen LogP contribution in [0.1, 0.15) is 23.8 Å². The molecule has 0 aliphatic rings. The van der Waals surface area contributed by atoms with Crippen LogP contribution in [-0.2, 0) is 11.3 Å². The van der Waals surface area contributed by atoms with Gasteiger partial charge in [-0.05, 0) is 25.5 Å². The average molecular weight is 304 g/mol. The molecule has 0 aliphatic carbocycles. The summed E-state index contributed by atoms with van der Waals surface area (Å²) in [5.41, 5.74) is 1.69. The highest BCUT2D eigenvalue weighted by Gasteiger charge is 2.19. The maximum Gasteiger partial charge on any atom is 0.270 e. The Labute approximate surface area is 131 Å². The van der Waals surface area contributed by atoms with Crippen molar-refractivity contribution in [3.8, 4) is 0 Å². The number of amides is 1. The van der Waals surface area contributed by atoms with Gasteiger partial charge in [-0.15, -0.1) is 0 Å². The first-order valence-electron chi connectivity index (χ1n) is 7.55. The predicted molar refractivity (Wildman–Crippen MR) is 87.1 cm³/mol. The fourth-order valence-electron chi connectivity index (χ4n) is 2.49. The smallest absolute Gasteiger partial charge is 0.270 e. The number of carbonyl (C=O) groups excluding carboxylic acids is 1. The van der Waals surface area contributed by atoms with E-state index < -0.39 is 6.10 Å². The number of aromatic nitrogens is 1. The van der Waals surface area contributed by atoms with E-state index in [9.17, 15) is 9.90 Å². The van der Waals surface area contributed by atoms with Crippen molar-refractivity contribution >= 4 is 16.8 Å². The number of rotatable bonds is 7. The molecule has 1 amide bonds. The SMILES string of the molecule is COCCn1c(C(=O)N(C)CCC(C)O)cc2ccccc21. The molecule has 0 aliphatic heterocycles. The lowest BCUT2D eigenvalue weighted by Gasteiger charge is -2.19. The Bertz CT molecular complexity index is 634. The number of fused-ring (bicyclic) bond motifs is 1. The second-order valence-electron chi connectivity index (χ2n) is 5.60. The first kappa shape index (κ1) is 16.5. The molecule has 1 aromatic carbocycles. The van der Waals surface area contributed by atoms with Crippen LogP contribution in [0.2, 0.25) is 0 Å². The number of methoxy groups -OCH3 is 1. The Hall–Kier alpha value is -1.85. The highest BCUT2D eigenvalue weighted by atomic mass is 16.5. The number of carbonyl (C=O) groups is 1. The molecule has 5 nitrogen and oxygen atoms in total. The van der Waals surface area contributed by atoms with Crippen LogP contribution in [0, 0.1) is 0 Å². The zero-order valence-corrected chi connectivity index (χ0v) is 13.5. The molecule has 0 spiro atoms. The van der Waals surface area contributed by atoms with Crippen LogP contribution in [0.4, 0.5) is 0 Å². The van der Waals surface area contributed by atoms with Gasteiger partial charge in [-0.1, -0.05) is 18.2 Å². The Morgan fingerprint density at radius 1 is 1.41 bits per heavy atom. The van der Waals surface area contributed by atoms with Gasteiger partial charge in [0.25, 0.3) is 5.91 Å². The number of aliphatic hydroxyl groups excluding tert-OH is 1. The summed E-state index contributed by atoms with van der Waals surface area (Å²) < 4.78 is 7.16. The predicted octanol–water partition coefficient (Wildman–Crippen LogP) is 2.13. The fourth-order valence-corrected chi connectivity index (χ4v) is 2.49. The molecule has 1 unspecified atom stereocenters. The molecular weight excluding hydrogens is 280 g/mol. The molecule has 5 heteroatoms. The minimum Gasteiger partial charge on any atom is -0.393 e. The monoisotopic (exact) mass is 304 g/mol. The summed E-state index contributed by atoms with van der Waals surface area (Å²) >= 11 is 0. The number of benzene rings is 1. The number of hydrogen-bond donors (Lipinski definition) is 1. The zero-order valence-electron chi connectivity index (χ0n) is 13.5. The molecule has 1 aromatic heterocycles. The molecule has 1 atom stereocenters. The van der Waals surface area contributed by atoms with E-state index in [1.165, 1.54) is 0 Å². The highest BCUT2D eigenvalue weighted by Crippen LogP contribution is 2.21. The van der Waals surface area contributed by atoms with Crippen LogP contribution in [-0.4, -0.2) is 53.9 Å². The number of hydrogen-bond acceptors (Lipinski definition) is 3. The minimum atomic E-state index is -0.408. The van der Waals surface area contributed by atoms with Crippen LogP contribution in [0.5, 0.6) is 0 Å². The van der Waals surface area contributed by atoms with Gasteiger partial charge in [-0.25, -0.2) is 0 Å². The number of aliphatic hydroxyl groups is 1. The van der Waals surface area contributed by atoms with Crippen LogP contribution in [0.3, 0.4) is 0 Å². The Kier molecular flexibility index (Phi) is 5.57. The van der Waals surface area contributed by atoms with Gasteiger partial charge >= 0.3 is 0 Å². The van der Waals surface area contributed by atoms with E-state index in [0.29, 0.717) is 31.8 Å². The van der Waals surface area contributed by atoms with Crippen molar-refractivity contribution in [2.24, 2.45) is 0 Å². The van der Waals surface area contributed by atoms with Crippen molar-refractivity contribution in [3.63, 3.8) is 0 Å². The third-order valence-electron chi connectivity index (χ3n) is 3.78. The summed E-state index contributed by atoms with van der Waals surface area (Å²) in [6, 6.07) is 9.88. The number of nitrogens with zero attached hydrogens (tertiary/aromatic N) is 2.